The van der Waals surface area contributed by atoms with Crippen LogP contribution in [0, 0.1) is 0 Å². The van der Waals surface area contributed by atoms with Crippen LogP contribution in [0.2, 0.25) is 5.02 Å². The molecule has 4 nitrogen and oxygen atoms in total. The minimum Gasteiger partial charge on any atom is -0.368 e. The zero-order valence-corrected chi connectivity index (χ0v) is 16.4. The molecule has 1 aliphatic heterocycles. The van der Waals surface area contributed by atoms with Gasteiger partial charge >= 0.3 is 0 Å². The summed E-state index contributed by atoms with van der Waals surface area (Å²) in [6.07, 6.45) is 0. The van der Waals surface area contributed by atoms with Gasteiger partial charge in [-0.15, -0.1) is 0 Å². The third-order valence-electron chi connectivity index (χ3n) is 4.53. The summed E-state index contributed by atoms with van der Waals surface area (Å²) in [4.78, 5) is 17.0. The van der Waals surface area contributed by atoms with Gasteiger partial charge in [0, 0.05) is 36.3 Å². The van der Waals surface area contributed by atoms with Gasteiger partial charge in [0.15, 0.2) is 0 Å². The van der Waals surface area contributed by atoms with E-state index in [9.17, 15) is 4.79 Å². The lowest BCUT2D eigenvalue weighted by molar-refractivity contribution is -0.120. The number of nitrogens with one attached hydrogen (secondary N) is 1. The van der Waals surface area contributed by atoms with Crippen LogP contribution in [0.25, 0.3) is 0 Å². The van der Waals surface area contributed by atoms with E-state index in [1.807, 2.05) is 55.5 Å². The molecule has 0 saturated carbocycles. The normalized spacial score (nSPS) is 16.5. The molecule has 0 aromatic heterocycles. The second-order valence-corrected chi connectivity index (χ2v) is 7.47. The molecule has 0 radical (unpaired) electrons. The summed E-state index contributed by atoms with van der Waals surface area (Å²) in [5, 5.41) is 3.76. The highest BCUT2D eigenvalue weighted by Crippen LogP contribution is 2.26. The van der Waals surface area contributed by atoms with Gasteiger partial charge in [0.05, 0.1) is 16.8 Å². The van der Waals surface area contributed by atoms with Crippen LogP contribution in [-0.4, -0.2) is 43.0 Å². The predicted molar refractivity (Wildman–Crippen MR) is 107 cm³/mol. The Kier molecular flexibility index (Phi) is 5.99. The Bertz CT molecular complexity index is 747. The molecule has 1 unspecified atom stereocenters. The van der Waals surface area contributed by atoms with E-state index in [1.54, 1.807) is 0 Å². The van der Waals surface area contributed by atoms with Crippen molar-refractivity contribution in [3.8, 4) is 0 Å². The Morgan fingerprint density at radius 3 is 2.52 bits per heavy atom. The van der Waals surface area contributed by atoms with Crippen molar-refractivity contribution >= 4 is 44.8 Å². The van der Waals surface area contributed by atoms with E-state index in [0.29, 0.717) is 0 Å². The van der Waals surface area contributed by atoms with E-state index < -0.39 is 0 Å². The molecule has 0 aliphatic carbocycles. The van der Waals surface area contributed by atoms with Crippen LogP contribution < -0.4 is 10.2 Å². The molecule has 132 valence electrons. The Morgan fingerprint density at radius 1 is 1.12 bits per heavy atom. The summed E-state index contributed by atoms with van der Waals surface area (Å²) >= 11 is 9.71. The van der Waals surface area contributed by atoms with Crippen LogP contribution in [-0.2, 0) is 4.79 Å². The zero-order valence-electron chi connectivity index (χ0n) is 14.1. The summed E-state index contributed by atoms with van der Waals surface area (Å²) in [6, 6.07) is 15.4. The molecule has 25 heavy (non-hydrogen) atoms. The molecule has 0 bridgehead atoms. The molecule has 1 atom stereocenters. The number of halogens is 2. The highest BCUT2D eigenvalue weighted by molar-refractivity contribution is 9.10. The fourth-order valence-electron chi connectivity index (χ4n) is 3.04. The first-order valence-electron chi connectivity index (χ1n) is 8.34. The smallest absolute Gasteiger partial charge is 0.241 e. The number of piperazine rings is 1. The van der Waals surface area contributed by atoms with Crippen LogP contribution in [0.1, 0.15) is 6.92 Å². The van der Waals surface area contributed by atoms with Crippen molar-refractivity contribution in [3.63, 3.8) is 0 Å². The van der Waals surface area contributed by atoms with Crippen LogP contribution in [0.15, 0.2) is 53.0 Å². The SMILES string of the molecule is CC(C(=O)Nc1cccc(Br)c1)N1CCN(c2ccccc2Cl)CC1. The van der Waals surface area contributed by atoms with Crippen LogP contribution in [0.3, 0.4) is 0 Å². The number of rotatable bonds is 4. The monoisotopic (exact) mass is 421 g/mol. The van der Waals surface area contributed by atoms with Crippen molar-refractivity contribution in [2.75, 3.05) is 36.4 Å². The van der Waals surface area contributed by atoms with Gasteiger partial charge in [-0.05, 0) is 37.3 Å². The number of para-hydroxylation sites is 1. The van der Waals surface area contributed by atoms with E-state index in [1.165, 1.54) is 0 Å². The van der Waals surface area contributed by atoms with Gasteiger partial charge in [-0.1, -0.05) is 45.7 Å². The highest BCUT2D eigenvalue weighted by atomic mass is 79.9. The van der Waals surface area contributed by atoms with Gasteiger partial charge in [0.1, 0.15) is 0 Å². The first-order valence-corrected chi connectivity index (χ1v) is 9.51. The maximum atomic E-state index is 12.5. The lowest BCUT2D eigenvalue weighted by Gasteiger charge is -2.38. The molecule has 2 aromatic carbocycles. The maximum absolute atomic E-state index is 12.5. The zero-order chi connectivity index (χ0) is 17.8. The Hall–Kier alpha value is -1.56. The number of anilines is 2. The van der Waals surface area contributed by atoms with Crippen LogP contribution in [0.4, 0.5) is 11.4 Å². The summed E-state index contributed by atoms with van der Waals surface area (Å²) < 4.78 is 0.950. The average molecular weight is 423 g/mol. The largest absolute Gasteiger partial charge is 0.368 e. The number of amides is 1. The standard InChI is InChI=1S/C19H21BrClN3O/c1-14(19(25)22-16-6-4-5-15(20)13-16)23-9-11-24(12-10-23)18-8-3-2-7-17(18)21/h2-8,13-14H,9-12H2,1H3,(H,22,25). The number of nitrogens with zero attached hydrogens (tertiary/aromatic N) is 2. The van der Waals surface area contributed by atoms with Gasteiger partial charge in [-0.3, -0.25) is 9.69 Å². The lowest BCUT2D eigenvalue weighted by atomic mass is 10.2. The van der Waals surface area contributed by atoms with Crippen molar-refractivity contribution in [3.05, 3.63) is 58.0 Å². The van der Waals surface area contributed by atoms with Crippen molar-refractivity contribution < 1.29 is 4.79 Å². The summed E-state index contributed by atoms with van der Waals surface area (Å²) in [6.45, 7) is 5.34. The van der Waals surface area contributed by atoms with Gasteiger partial charge < -0.3 is 10.2 Å². The molecule has 1 fully saturated rings. The molecule has 1 N–H and O–H groups in total. The highest BCUT2D eigenvalue weighted by Gasteiger charge is 2.26. The second-order valence-electron chi connectivity index (χ2n) is 6.15. The minimum atomic E-state index is -0.174. The molecule has 0 spiro atoms. The maximum Gasteiger partial charge on any atom is 0.241 e. The van der Waals surface area contributed by atoms with E-state index in [0.717, 1.165) is 47.0 Å². The van der Waals surface area contributed by atoms with Gasteiger partial charge in [-0.25, -0.2) is 0 Å². The molecule has 1 heterocycles. The molecule has 6 heteroatoms. The molecule has 3 rings (SSSR count). The fourth-order valence-corrected chi connectivity index (χ4v) is 3.69. The number of carbonyl (C=O) groups is 1. The summed E-state index contributed by atoms with van der Waals surface area (Å²) in [5.74, 6) is 0.0179. The molecule has 1 amide bonds. The number of benzene rings is 2. The molecule has 2 aromatic rings. The third-order valence-corrected chi connectivity index (χ3v) is 5.34. The average Bonchev–Trinajstić information content (AvgIpc) is 2.62. The fraction of sp³-hybridized carbons (Fsp3) is 0.316. The van der Waals surface area contributed by atoms with Gasteiger partial charge in [-0.2, -0.15) is 0 Å². The minimum absolute atomic E-state index is 0.0179. The lowest BCUT2D eigenvalue weighted by Crippen LogP contribution is -2.52. The number of hydrogen-bond acceptors (Lipinski definition) is 3. The Labute approximate surface area is 161 Å². The van der Waals surface area contributed by atoms with E-state index in [2.05, 4.69) is 31.0 Å². The summed E-state index contributed by atoms with van der Waals surface area (Å²) in [5.41, 5.74) is 1.87. The molecule has 1 saturated heterocycles. The van der Waals surface area contributed by atoms with Crippen LogP contribution in [0.5, 0.6) is 0 Å². The molecular weight excluding hydrogens is 402 g/mol. The van der Waals surface area contributed by atoms with Crippen molar-refractivity contribution in [2.45, 2.75) is 13.0 Å². The van der Waals surface area contributed by atoms with Crippen molar-refractivity contribution in [2.24, 2.45) is 0 Å². The second kappa shape index (κ2) is 8.21. The Balaban J connectivity index is 1.57. The van der Waals surface area contributed by atoms with E-state index in [4.69, 9.17) is 11.6 Å². The van der Waals surface area contributed by atoms with Crippen molar-refractivity contribution in [1.29, 1.82) is 0 Å². The third kappa shape index (κ3) is 4.54. The number of carbonyl (C=O) groups excluding carboxylic acids is 1. The quantitative estimate of drug-likeness (QED) is 0.800. The van der Waals surface area contributed by atoms with Crippen molar-refractivity contribution in [1.82, 2.24) is 4.90 Å². The molecular formula is C19H21BrClN3O. The van der Waals surface area contributed by atoms with Gasteiger partial charge in [0.25, 0.3) is 0 Å². The first kappa shape index (κ1) is 18.2. The summed E-state index contributed by atoms with van der Waals surface area (Å²) in [7, 11) is 0. The van der Waals surface area contributed by atoms with Crippen LogP contribution >= 0.6 is 27.5 Å². The number of hydrogen-bond donors (Lipinski definition) is 1. The first-order chi connectivity index (χ1) is 12.0. The predicted octanol–water partition coefficient (Wildman–Crippen LogP) is 4.25. The van der Waals surface area contributed by atoms with E-state index >= 15 is 0 Å². The molecule has 1 aliphatic rings. The van der Waals surface area contributed by atoms with Gasteiger partial charge in [0.2, 0.25) is 5.91 Å². The van der Waals surface area contributed by atoms with E-state index in [-0.39, 0.29) is 11.9 Å². The topological polar surface area (TPSA) is 35.6 Å². The Morgan fingerprint density at radius 2 is 1.84 bits per heavy atom.